The molecule has 52 valence electrons. The van der Waals surface area contributed by atoms with Gasteiger partial charge in [0.25, 0.3) is 0 Å². The Labute approximate surface area is 61.8 Å². The molecule has 0 atom stereocenters. The van der Waals surface area contributed by atoms with E-state index in [1.807, 2.05) is 18.2 Å². The van der Waals surface area contributed by atoms with Crippen LogP contribution in [0.3, 0.4) is 0 Å². The summed E-state index contributed by atoms with van der Waals surface area (Å²) >= 11 is 0. The van der Waals surface area contributed by atoms with E-state index in [1.165, 1.54) is 0 Å². The van der Waals surface area contributed by atoms with Crippen LogP contribution in [-0.2, 0) is 0 Å². The SMILES string of the molecule is CB(C)c1ccccc1O. The van der Waals surface area contributed by atoms with Gasteiger partial charge in [-0.15, -0.1) is 0 Å². The highest BCUT2D eigenvalue weighted by Gasteiger charge is 2.05. The Morgan fingerprint density at radius 2 is 1.80 bits per heavy atom. The molecule has 0 saturated heterocycles. The van der Waals surface area contributed by atoms with Gasteiger partial charge in [-0.1, -0.05) is 31.8 Å². The maximum Gasteiger partial charge on any atom is 0.174 e. The summed E-state index contributed by atoms with van der Waals surface area (Å²) in [5.41, 5.74) is 1.02. The topological polar surface area (TPSA) is 20.2 Å². The minimum atomic E-state index is 0.400. The maximum atomic E-state index is 9.28. The van der Waals surface area contributed by atoms with E-state index in [1.54, 1.807) is 6.07 Å². The molecule has 0 spiro atoms. The molecule has 1 rings (SSSR count). The van der Waals surface area contributed by atoms with Gasteiger partial charge in [0.15, 0.2) is 6.71 Å². The summed E-state index contributed by atoms with van der Waals surface area (Å²) in [7, 11) is 0. The first-order chi connectivity index (χ1) is 4.72. The van der Waals surface area contributed by atoms with Crippen molar-refractivity contribution in [2.75, 3.05) is 0 Å². The van der Waals surface area contributed by atoms with Gasteiger partial charge in [0.1, 0.15) is 5.75 Å². The van der Waals surface area contributed by atoms with Crippen LogP contribution >= 0.6 is 0 Å². The average molecular weight is 134 g/mol. The van der Waals surface area contributed by atoms with Gasteiger partial charge in [0, 0.05) is 0 Å². The fraction of sp³-hybridized carbons (Fsp3) is 0.250. The van der Waals surface area contributed by atoms with Crippen LogP contribution in [0.1, 0.15) is 0 Å². The van der Waals surface area contributed by atoms with Crippen LogP contribution in [0.4, 0.5) is 0 Å². The predicted molar refractivity (Wildman–Crippen MR) is 45.2 cm³/mol. The van der Waals surface area contributed by atoms with Gasteiger partial charge in [-0.2, -0.15) is 0 Å². The molecule has 1 nitrogen and oxygen atoms in total. The number of phenols is 1. The molecule has 1 aromatic carbocycles. The number of aromatic hydroxyl groups is 1. The first-order valence-electron chi connectivity index (χ1n) is 3.49. The molecule has 0 saturated carbocycles. The summed E-state index contributed by atoms with van der Waals surface area (Å²) in [6.45, 7) is 4.53. The molecule has 0 fully saturated rings. The summed E-state index contributed by atoms with van der Waals surface area (Å²) < 4.78 is 0. The lowest BCUT2D eigenvalue weighted by molar-refractivity contribution is 0.479. The zero-order chi connectivity index (χ0) is 7.56. The van der Waals surface area contributed by atoms with E-state index < -0.39 is 0 Å². The molecular formula is C8H11BO. The second kappa shape index (κ2) is 2.78. The highest BCUT2D eigenvalue weighted by Crippen LogP contribution is 2.03. The molecule has 2 heteroatoms. The summed E-state index contributed by atoms with van der Waals surface area (Å²) in [6.07, 6.45) is 0. The van der Waals surface area contributed by atoms with Crippen molar-refractivity contribution >= 4 is 12.2 Å². The van der Waals surface area contributed by atoms with E-state index in [-0.39, 0.29) is 0 Å². The highest BCUT2D eigenvalue weighted by atomic mass is 16.3. The van der Waals surface area contributed by atoms with Crippen LogP contribution in [0.15, 0.2) is 24.3 Å². The summed E-state index contributed by atoms with van der Waals surface area (Å²) in [4.78, 5) is 0. The van der Waals surface area contributed by atoms with E-state index in [4.69, 9.17) is 0 Å². The van der Waals surface area contributed by atoms with E-state index >= 15 is 0 Å². The Morgan fingerprint density at radius 3 is 2.20 bits per heavy atom. The number of hydrogen-bond acceptors (Lipinski definition) is 1. The molecule has 0 aliphatic heterocycles. The second-order valence-corrected chi connectivity index (χ2v) is 2.71. The quantitative estimate of drug-likeness (QED) is 0.574. The minimum Gasteiger partial charge on any atom is -0.509 e. The maximum absolute atomic E-state index is 9.28. The molecule has 10 heavy (non-hydrogen) atoms. The summed E-state index contributed by atoms with van der Waals surface area (Å²) in [5, 5.41) is 9.28. The Bertz CT molecular complexity index is 220. The van der Waals surface area contributed by atoms with Crippen molar-refractivity contribution in [2.24, 2.45) is 0 Å². The third-order valence-electron chi connectivity index (χ3n) is 1.56. The number of para-hydroxylation sites is 1. The van der Waals surface area contributed by atoms with Gasteiger partial charge in [-0.25, -0.2) is 0 Å². The Kier molecular flexibility index (Phi) is 2.00. The van der Waals surface area contributed by atoms with Gasteiger partial charge in [0.05, 0.1) is 0 Å². The van der Waals surface area contributed by atoms with Crippen LogP contribution in [0.2, 0.25) is 13.6 Å². The van der Waals surface area contributed by atoms with Crippen LogP contribution in [0.25, 0.3) is 0 Å². The number of benzene rings is 1. The van der Waals surface area contributed by atoms with Gasteiger partial charge >= 0.3 is 0 Å². The third kappa shape index (κ3) is 1.32. The van der Waals surface area contributed by atoms with Crippen molar-refractivity contribution in [3.05, 3.63) is 24.3 Å². The lowest BCUT2D eigenvalue weighted by Gasteiger charge is -2.03. The number of rotatable bonds is 1. The molecule has 1 aromatic rings. The van der Waals surface area contributed by atoms with Crippen molar-refractivity contribution in [3.63, 3.8) is 0 Å². The molecule has 0 amide bonds. The van der Waals surface area contributed by atoms with Crippen LogP contribution in [0.5, 0.6) is 5.75 Å². The van der Waals surface area contributed by atoms with Crippen molar-refractivity contribution in [3.8, 4) is 5.75 Å². The molecule has 0 radical (unpaired) electrons. The smallest absolute Gasteiger partial charge is 0.174 e. The molecule has 0 heterocycles. The number of phenolic OH excluding ortho intramolecular Hbond substituents is 1. The molecule has 1 N–H and O–H groups in total. The molecule has 0 aromatic heterocycles. The second-order valence-electron chi connectivity index (χ2n) is 2.71. The van der Waals surface area contributed by atoms with Gasteiger partial charge in [-0.3, -0.25) is 0 Å². The van der Waals surface area contributed by atoms with E-state index in [9.17, 15) is 5.11 Å². The molecule has 0 unspecified atom stereocenters. The normalized spacial score (nSPS) is 9.40. The van der Waals surface area contributed by atoms with E-state index in [2.05, 4.69) is 13.6 Å². The molecule has 0 bridgehead atoms. The first-order valence-corrected chi connectivity index (χ1v) is 3.49. The van der Waals surface area contributed by atoms with E-state index in [0.717, 1.165) is 5.46 Å². The minimum absolute atomic E-state index is 0.400. The molecule has 0 aliphatic rings. The number of hydrogen-bond donors (Lipinski definition) is 1. The first kappa shape index (κ1) is 7.20. The molecular weight excluding hydrogens is 123 g/mol. The van der Waals surface area contributed by atoms with Gasteiger partial charge in [0.2, 0.25) is 0 Å². The lowest BCUT2D eigenvalue weighted by atomic mass is 9.49. The summed E-state index contributed by atoms with van der Waals surface area (Å²) in [5.74, 6) is 0.400. The molecule has 0 aliphatic carbocycles. The largest absolute Gasteiger partial charge is 0.509 e. The standard InChI is InChI=1S/C8H11BO/c1-9(2)7-5-3-4-6-8(7)10/h3-6,10H,1-2H3. The zero-order valence-corrected chi connectivity index (χ0v) is 6.33. The van der Waals surface area contributed by atoms with Crippen LogP contribution in [-0.4, -0.2) is 11.8 Å². The van der Waals surface area contributed by atoms with Gasteiger partial charge < -0.3 is 5.11 Å². The van der Waals surface area contributed by atoms with Crippen molar-refractivity contribution in [1.29, 1.82) is 0 Å². The Balaban J connectivity index is 3.03. The van der Waals surface area contributed by atoms with Crippen LogP contribution < -0.4 is 5.46 Å². The monoisotopic (exact) mass is 134 g/mol. The fourth-order valence-corrected chi connectivity index (χ4v) is 0.976. The fourth-order valence-electron chi connectivity index (χ4n) is 0.976. The Hall–Kier alpha value is -0.915. The van der Waals surface area contributed by atoms with Crippen molar-refractivity contribution < 1.29 is 5.11 Å². The Morgan fingerprint density at radius 1 is 1.20 bits per heavy atom. The lowest BCUT2D eigenvalue weighted by Crippen LogP contribution is -2.22. The van der Waals surface area contributed by atoms with Gasteiger partial charge in [-0.05, 0) is 11.5 Å². The summed E-state index contributed by atoms with van der Waals surface area (Å²) in [6, 6.07) is 7.44. The van der Waals surface area contributed by atoms with Crippen LogP contribution in [0, 0.1) is 0 Å². The average Bonchev–Trinajstić information content (AvgIpc) is 1.88. The zero-order valence-electron chi connectivity index (χ0n) is 6.33. The van der Waals surface area contributed by atoms with Crippen molar-refractivity contribution in [2.45, 2.75) is 13.6 Å². The van der Waals surface area contributed by atoms with E-state index in [0.29, 0.717) is 12.5 Å². The third-order valence-corrected chi connectivity index (χ3v) is 1.56. The van der Waals surface area contributed by atoms with Crippen molar-refractivity contribution in [1.82, 2.24) is 0 Å². The highest BCUT2D eigenvalue weighted by molar-refractivity contribution is 6.71. The predicted octanol–water partition coefficient (Wildman–Crippen LogP) is 1.35.